The van der Waals surface area contributed by atoms with Crippen LogP contribution in [-0.2, 0) is 0 Å². The summed E-state index contributed by atoms with van der Waals surface area (Å²) in [4.78, 5) is 13.7. The Morgan fingerprint density at radius 1 is 1.36 bits per heavy atom. The van der Waals surface area contributed by atoms with E-state index >= 15 is 0 Å². The van der Waals surface area contributed by atoms with Crippen LogP contribution in [0.25, 0.3) is 4.85 Å². The van der Waals surface area contributed by atoms with Crippen LogP contribution in [0.3, 0.4) is 0 Å². The van der Waals surface area contributed by atoms with Crippen molar-refractivity contribution in [3.05, 3.63) is 41.2 Å². The van der Waals surface area contributed by atoms with Gasteiger partial charge in [-0.15, -0.1) is 0 Å². The van der Waals surface area contributed by atoms with Crippen molar-refractivity contribution < 1.29 is 4.79 Å². The molecule has 0 fully saturated rings. The van der Waals surface area contributed by atoms with Crippen molar-refractivity contribution in [1.29, 1.82) is 0 Å². The van der Waals surface area contributed by atoms with E-state index in [1.54, 1.807) is 12.1 Å². The molecular formula is C8H4ClNO. The molecule has 0 amide bonds. The maximum absolute atomic E-state index is 10.5. The first-order valence-corrected chi connectivity index (χ1v) is 3.29. The lowest BCUT2D eigenvalue weighted by molar-refractivity contribution is 0.108. The Morgan fingerprint density at radius 2 is 1.91 bits per heavy atom. The zero-order valence-corrected chi connectivity index (χ0v) is 6.30. The largest absolute Gasteiger partial charge is 0.276 e. The summed E-state index contributed by atoms with van der Waals surface area (Å²) >= 11 is 5.18. The molecule has 0 aliphatic heterocycles. The summed E-state index contributed by atoms with van der Waals surface area (Å²) in [5.41, 5.74) is 0.922. The van der Waals surface area contributed by atoms with E-state index in [0.29, 0.717) is 11.3 Å². The van der Waals surface area contributed by atoms with E-state index in [1.165, 1.54) is 12.1 Å². The lowest BCUT2D eigenvalue weighted by atomic mass is 10.2. The number of benzene rings is 1. The molecule has 0 aliphatic carbocycles. The summed E-state index contributed by atoms with van der Waals surface area (Å²) in [5, 5.41) is -0.499. The highest BCUT2D eigenvalue weighted by molar-refractivity contribution is 6.67. The van der Waals surface area contributed by atoms with E-state index in [4.69, 9.17) is 18.2 Å². The van der Waals surface area contributed by atoms with Crippen molar-refractivity contribution in [1.82, 2.24) is 0 Å². The first-order chi connectivity index (χ1) is 5.24. The molecule has 54 valence electrons. The fraction of sp³-hybridized carbons (Fsp3) is 0. The van der Waals surface area contributed by atoms with Crippen molar-refractivity contribution in [3.63, 3.8) is 0 Å². The van der Waals surface area contributed by atoms with Gasteiger partial charge in [0.25, 0.3) is 5.24 Å². The number of nitrogens with zero attached hydrogens (tertiary/aromatic N) is 1. The van der Waals surface area contributed by atoms with Crippen LogP contribution in [0, 0.1) is 6.57 Å². The molecule has 0 aliphatic rings. The van der Waals surface area contributed by atoms with Gasteiger partial charge in [0.05, 0.1) is 6.57 Å². The Kier molecular flexibility index (Phi) is 2.25. The molecule has 11 heavy (non-hydrogen) atoms. The molecule has 0 radical (unpaired) electrons. The first kappa shape index (κ1) is 7.77. The zero-order valence-electron chi connectivity index (χ0n) is 5.54. The molecule has 0 aromatic heterocycles. The van der Waals surface area contributed by atoms with E-state index < -0.39 is 5.24 Å². The molecule has 0 unspecified atom stereocenters. The fourth-order valence-electron chi connectivity index (χ4n) is 0.667. The maximum Gasteiger partial charge on any atom is 0.252 e. The molecule has 3 heteroatoms. The van der Waals surface area contributed by atoms with Gasteiger partial charge in [-0.05, 0) is 11.6 Å². The number of carbonyl (C=O) groups excluding carboxylic acids is 1. The third kappa shape index (κ3) is 1.79. The monoisotopic (exact) mass is 165 g/mol. The van der Waals surface area contributed by atoms with E-state index in [0.717, 1.165) is 0 Å². The zero-order chi connectivity index (χ0) is 8.27. The van der Waals surface area contributed by atoms with E-state index in [1.807, 2.05) is 0 Å². The molecule has 0 saturated carbocycles. The Bertz CT molecular complexity index is 310. The average Bonchev–Trinajstić information content (AvgIpc) is 2.05. The van der Waals surface area contributed by atoms with Gasteiger partial charge in [0.2, 0.25) is 0 Å². The molecule has 0 spiro atoms. The normalized spacial score (nSPS) is 8.73. The number of hydrogen-bond acceptors (Lipinski definition) is 1. The van der Waals surface area contributed by atoms with Crippen molar-refractivity contribution >= 4 is 22.5 Å². The topological polar surface area (TPSA) is 21.4 Å². The average molecular weight is 166 g/mol. The van der Waals surface area contributed by atoms with Gasteiger partial charge in [0, 0.05) is 5.56 Å². The van der Waals surface area contributed by atoms with Crippen molar-refractivity contribution in [2.75, 3.05) is 0 Å². The Balaban J connectivity index is 3.03. The van der Waals surface area contributed by atoms with Crippen molar-refractivity contribution in [2.45, 2.75) is 0 Å². The third-order valence-electron chi connectivity index (χ3n) is 1.22. The van der Waals surface area contributed by atoms with Crippen LogP contribution < -0.4 is 0 Å². The van der Waals surface area contributed by atoms with Gasteiger partial charge < -0.3 is 0 Å². The van der Waals surface area contributed by atoms with Crippen LogP contribution >= 0.6 is 11.6 Å². The highest BCUT2D eigenvalue weighted by Crippen LogP contribution is 2.13. The van der Waals surface area contributed by atoms with Gasteiger partial charge in [-0.2, -0.15) is 0 Å². The third-order valence-corrected chi connectivity index (χ3v) is 1.44. The minimum atomic E-state index is -0.499. The lowest BCUT2D eigenvalue weighted by Crippen LogP contribution is -1.85. The highest BCUT2D eigenvalue weighted by Gasteiger charge is 1.99. The van der Waals surface area contributed by atoms with E-state index in [2.05, 4.69) is 4.85 Å². The van der Waals surface area contributed by atoms with Crippen LogP contribution in [0.15, 0.2) is 24.3 Å². The molecule has 1 aromatic carbocycles. The van der Waals surface area contributed by atoms with Crippen LogP contribution in [0.4, 0.5) is 5.69 Å². The molecule has 2 nitrogen and oxygen atoms in total. The Labute approximate surface area is 69.2 Å². The smallest absolute Gasteiger partial charge is 0.252 e. The van der Waals surface area contributed by atoms with E-state index in [9.17, 15) is 4.79 Å². The molecule has 0 atom stereocenters. The second-order valence-corrected chi connectivity index (χ2v) is 2.28. The van der Waals surface area contributed by atoms with Crippen molar-refractivity contribution in [3.8, 4) is 0 Å². The standard InChI is InChI=1S/C8H4ClNO/c1-10-7-4-2-6(3-5-7)8(9)11/h2-5H. The predicted octanol–water partition coefficient (Wildman–Crippen LogP) is 2.62. The molecule has 0 bridgehead atoms. The minimum absolute atomic E-state index is 0.416. The van der Waals surface area contributed by atoms with Crippen LogP contribution in [0.2, 0.25) is 0 Å². The number of carbonyl (C=O) groups is 1. The Hall–Kier alpha value is -1.33. The van der Waals surface area contributed by atoms with Gasteiger partial charge >= 0.3 is 0 Å². The van der Waals surface area contributed by atoms with Crippen LogP contribution in [-0.4, -0.2) is 5.24 Å². The fourth-order valence-corrected chi connectivity index (χ4v) is 0.793. The van der Waals surface area contributed by atoms with Crippen LogP contribution in [0.5, 0.6) is 0 Å². The summed E-state index contributed by atoms with van der Waals surface area (Å²) in [6.07, 6.45) is 0. The summed E-state index contributed by atoms with van der Waals surface area (Å²) in [7, 11) is 0. The number of hydrogen-bond donors (Lipinski definition) is 0. The summed E-state index contributed by atoms with van der Waals surface area (Å²) in [6.45, 7) is 6.63. The molecular weight excluding hydrogens is 162 g/mol. The van der Waals surface area contributed by atoms with E-state index in [-0.39, 0.29) is 0 Å². The summed E-state index contributed by atoms with van der Waals surface area (Å²) in [5.74, 6) is 0. The SMILES string of the molecule is [C-]#[N+]c1ccc(C(=O)Cl)cc1. The minimum Gasteiger partial charge on any atom is -0.276 e. The van der Waals surface area contributed by atoms with Gasteiger partial charge in [0.15, 0.2) is 5.69 Å². The number of halogens is 1. The van der Waals surface area contributed by atoms with Gasteiger partial charge in [-0.25, -0.2) is 4.85 Å². The van der Waals surface area contributed by atoms with Crippen molar-refractivity contribution in [2.24, 2.45) is 0 Å². The maximum atomic E-state index is 10.5. The second kappa shape index (κ2) is 3.18. The second-order valence-electron chi connectivity index (χ2n) is 1.93. The summed E-state index contributed by atoms with van der Waals surface area (Å²) < 4.78 is 0. The van der Waals surface area contributed by atoms with Gasteiger partial charge in [-0.3, -0.25) is 4.79 Å². The molecule has 0 N–H and O–H groups in total. The molecule has 1 rings (SSSR count). The van der Waals surface area contributed by atoms with Gasteiger partial charge in [0.1, 0.15) is 0 Å². The predicted molar refractivity (Wildman–Crippen MR) is 42.9 cm³/mol. The Morgan fingerprint density at radius 3 is 2.27 bits per heavy atom. The molecule has 0 heterocycles. The highest BCUT2D eigenvalue weighted by atomic mass is 35.5. The van der Waals surface area contributed by atoms with Gasteiger partial charge in [-0.1, -0.05) is 24.3 Å². The summed E-state index contributed by atoms with van der Waals surface area (Å²) in [6, 6.07) is 6.18. The quantitative estimate of drug-likeness (QED) is 0.463. The first-order valence-electron chi connectivity index (χ1n) is 2.91. The molecule has 0 saturated heterocycles. The number of rotatable bonds is 1. The molecule has 1 aromatic rings. The van der Waals surface area contributed by atoms with Crippen LogP contribution in [0.1, 0.15) is 10.4 Å². The lowest BCUT2D eigenvalue weighted by Gasteiger charge is -1.91.